The average molecular weight is 206 g/mol. The third-order valence-electron chi connectivity index (χ3n) is 1.41. The van der Waals surface area contributed by atoms with E-state index in [2.05, 4.69) is 4.74 Å². The largest absolute Gasteiger partial charge is 0.508 e. The summed E-state index contributed by atoms with van der Waals surface area (Å²) in [5, 5.41) is 8.94. The first-order valence-electron chi connectivity index (χ1n) is 3.27. The van der Waals surface area contributed by atoms with Gasteiger partial charge in [-0.15, -0.1) is 3.89 Å². The molecular weight excluding hydrogens is 199 g/mol. The highest BCUT2D eigenvalue weighted by Crippen LogP contribution is 2.28. The lowest BCUT2D eigenvalue weighted by Gasteiger charge is -2.04. The van der Waals surface area contributed by atoms with Crippen molar-refractivity contribution in [3.63, 3.8) is 0 Å². The summed E-state index contributed by atoms with van der Waals surface area (Å²) in [6.07, 6.45) is 0. The predicted molar refractivity (Wildman–Crippen MR) is 43.0 cm³/mol. The summed E-state index contributed by atoms with van der Waals surface area (Å²) in [6.45, 7) is 0. The van der Waals surface area contributed by atoms with E-state index < -0.39 is 15.1 Å². The monoisotopic (exact) mass is 206 g/mol. The molecule has 0 radical (unpaired) electrons. The second-order valence-electron chi connectivity index (χ2n) is 2.27. The first-order valence-corrected chi connectivity index (χ1v) is 4.65. The van der Waals surface area contributed by atoms with E-state index in [-0.39, 0.29) is 11.5 Å². The summed E-state index contributed by atoms with van der Waals surface area (Å²) >= 11 is 0. The number of ether oxygens (including phenoxy) is 1. The molecule has 72 valence electrons. The Morgan fingerprint density at radius 3 is 2.54 bits per heavy atom. The van der Waals surface area contributed by atoms with Crippen LogP contribution in [0.1, 0.15) is 0 Å². The molecule has 0 bridgehead atoms. The zero-order valence-corrected chi connectivity index (χ0v) is 7.51. The van der Waals surface area contributed by atoms with Gasteiger partial charge in [0.15, 0.2) is 0 Å². The maximum atomic E-state index is 12.5. The van der Waals surface area contributed by atoms with Crippen molar-refractivity contribution in [2.45, 2.75) is 4.90 Å². The lowest BCUT2D eigenvalue weighted by molar-refractivity contribution is 0.394. The minimum Gasteiger partial charge on any atom is -0.508 e. The Morgan fingerprint density at radius 2 is 2.08 bits per heavy atom. The number of hydrogen-bond donors (Lipinski definition) is 1. The molecule has 1 rings (SSSR count). The first kappa shape index (κ1) is 9.79. The number of aromatic hydroxyl groups is 1. The maximum absolute atomic E-state index is 12.5. The van der Waals surface area contributed by atoms with Crippen LogP contribution in [-0.2, 0) is 10.2 Å². The van der Waals surface area contributed by atoms with Gasteiger partial charge in [0.25, 0.3) is 0 Å². The van der Waals surface area contributed by atoms with Crippen LogP contribution in [0.3, 0.4) is 0 Å². The molecule has 0 unspecified atom stereocenters. The number of phenols is 1. The predicted octanol–water partition coefficient (Wildman–Crippen LogP) is 1.06. The summed E-state index contributed by atoms with van der Waals surface area (Å²) in [6, 6.07) is 3.02. The molecule has 0 aliphatic carbocycles. The molecule has 0 heterocycles. The number of benzene rings is 1. The highest BCUT2D eigenvalue weighted by Gasteiger charge is 2.18. The van der Waals surface area contributed by atoms with Gasteiger partial charge in [0, 0.05) is 6.07 Å². The van der Waals surface area contributed by atoms with Crippen molar-refractivity contribution in [3.8, 4) is 11.5 Å². The van der Waals surface area contributed by atoms with E-state index in [1.165, 1.54) is 7.11 Å². The van der Waals surface area contributed by atoms with Crippen molar-refractivity contribution < 1.29 is 22.1 Å². The molecule has 1 aromatic carbocycles. The van der Waals surface area contributed by atoms with Gasteiger partial charge in [-0.25, -0.2) is 0 Å². The molecular formula is C7H7FO4S. The fourth-order valence-corrected chi connectivity index (χ4v) is 1.47. The fraction of sp³-hybridized carbons (Fsp3) is 0.143. The van der Waals surface area contributed by atoms with Gasteiger partial charge < -0.3 is 9.84 Å². The van der Waals surface area contributed by atoms with E-state index in [9.17, 15) is 12.3 Å². The maximum Gasteiger partial charge on any atom is 0.335 e. The lowest BCUT2D eigenvalue weighted by atomic mass is 10.3. The van der Waals surface area contributed by atoms with Crippen molar-refractivity contribution in [1.29, 1.82) is 0 Å². The number of halogens is 1. The van der Waals surface area contributed by atoms with Crippen LogP contribution in [0.25, 0.3) is 0 Å². The molecule has 13 heavy (non-hydrogen) atoms. The highest BCUT2D eigenvalue weighted by atomic mass is 32.3. The minimum atomic E-state index is -4.80. The van der Waals surface area contributed by atoms with Gasteiger partial charge in [0.1, 0.15) is 16.4 Å². The molecule has 0 aromatic heterocycles. The van der Waals surface area contributed by atoms with Gasteiger partial charge >= 0.3 is 10.2 Å². The SMILES string of the molecule is COc1cc(O)ccc1S(=O)(=O)F. The van der Waals surface area contributed by atoms with E-state index in [0.29, 0.717) is 0 Å². The van der Waals surface area contributed by atoms with E-state index in [0.717, 1.165) is 18.2 Å². The van der Waals surface area contributed by atoms with Gasteiger partial charge in [-0.3, -0.25) is 0 Å². The van der Waals surface area contributed by atoms with Crippen LogP contribution in [0, 0.1) is 0 Å². The summed E-state index contributed by atoms with van der Waals surface area (Å²) in [5.41, 5.74) is 0. The van der Waals surface area contributed by atoms with Crippen LogP contribution in [0.15, 0.2) is 23.1 Å². The van der Waals surface area contributed by atoms with Gasteiger partial charge in [-0.2, -0.15) is 8.42 Å². The highest BCUT2D eigenvalue weighted by molar-refractivity contribution is 7.86. The Bertz CT molecular complexity index is 413. The standard InChI is InChI=1S/C7H7FO4S/c1-12-6-4-5(9)2-3-7(6)13(8,10)11/h2-4,9H,1H3. The van der Waals surface area contributed by atoms with E-state index >= 15 is 0 Å². The van der Waals surface area contributed by atoms with Crippen LogP contribution < -0.4 is 4.74 Å². The van der Waals surface area contributed by atoms with Crippen molar-refractivity contribution in [2.24, 2.45) is 0 Å². The van der Waals surface area contributed by atoms with Crippen LogP contribution in [-0.4, -0.2) is 20.6 Å². The zero-order chi connectivity index (χ0) is 10.1. The molecule has 4 nitrogen and oxygen atoms in total. The molecule has 0 saturated carbocycles. The Morgan fingerprint density at radius 1 is 1.46 bits per heavy atom. The van der Waals surface area contributed by atoms with Crippen LogP contribution >= 0.6 is 0 Å². The molecule has 0 atom stereocenters. The molecule has 0 aliphatic rings. The minimum absolute atomic E-state index is 0.191. The van der Waals surface area contributed by atoms with Crippen molar-refractivity contribution in [3.05, 3.63) is 18.2 Å². The van der Waals surface area contributed by atoms with E-state index in [1.807, 2.05) is 0 Å². The smallest absolute Gasteiger partial charge is 0.335 e. The number of hydrogen-bond acceptors (Lipinski definition) is 4. The Kier molecular flexibility index (Phi) is 2.42. The molecule has 1 N–H and O–H groups in total. The normalized spacial score (nSPS) is 11.2. The zero-order valence-electron chi connectivity index (χ0n) is 6.69. The molecule has 1 aromatic rings. The van der Waals surface area contributed by atoms with Gasteiger partial charge in [-0.1, -0.05) is 0 Å². The number of methoxy groups -OCH3 is 1. The summed E-state index contributed by atoms with van der Waals surface area (Å²) < 4.78 is 38.1. The lowest BCUT2D eigenvalue weighted by Crippen LogP contribution is -1.96. The number of rotatable bonds is 2. The van der Waals surface area contributed by atoms with E-state index in [1.54, 1.807) is 0 Å². The topological polar surface area (TPSA) is 63.6 Å². The summed E-state index contributed by atoms with van der Waals surface area (Å²) in [4.78, 5) is -0.590. The third-order valence-corrected chi connectivity index (χ3v) is 2.27. The van der Waals surface area contributed by atoms with Crippen molar-refractivity contribution >= 4 is 10.2 Å². The molecule has 0 amide bonds. The molecule has 0 saturated heterocycles. The fourth-order valence-electron chi connectivity index (χ4n) is 0.858. The quantitative estimate of drug-likeness (QED) is 0.735. The molecule has 0 aliphatic heterocycles. The van der Waals surface area contributed by atoms with E-state index in [4.69, 9.17) is 5.11 Å². The van der Waals surface area contributed by atoms with Crippen molar-refractivity contribution in [2.75, 3.05) is 7.11 Å². The average Bonchev–Trinajstić information content (AvgIpc) is 2.01. The second-order valence-corrected chi connectivity index (χ2v) is 3.59. The molecule has 0 spiro atoms. The van der Waals surface area contributed by atoms with Crippen LogP contribution in [0.2, 0.25) is 0 Å². The summed E-state index contributed by atoms with van der Waals surface area (Å²) in [7, 11) is -3.61. The van der Waals surface area contributed by atoms with Crippen LogP contribution in [0.5, 0.6) is 11.5 Å². The van der Waals surface area contributed by atoms with Gasteiger partial charge in [-0.05, 0) is 12.1 Å². The first-order chi connectivity index (χ1) is 5.95. The van der Waals surface area contributed by atoms with Gasteiger partial charge in [0.2, 0.25) is 0 Å². The second kappa shape index (κ2) is 3.21. The molecule has 0 fully saturated rings. The Balaban J connectivity index is 3.39. The van der Waals surface area contributed by atoms with Crippen LogP contribution in [0.4, 0.5) is 3.89 Å². The van der Waals surface area contributed by atoms with Gasteiger partial charge in [0.05, 0.1) is 7.11 Å². The Hall–Kier alpha value is -1.30. The number of phenolic OH excluding ortho intramolecular Hbond substituents is 1. The third kappa shape index (κ3) is 2.09. The van der Waals surface area contributed by atoms with Crippen molar-refractivity contribution in [1.82, 2.24) is 0 Å². The molecule has 6 heteroatoms. The summed E-state index contributed by atoms with van der Waals surface area (Å²) in [5.74, 6) is -0.410. The Labute approximate surface area is 74.8 Å².